The molecule has 27 heavy (non-hydrogen) atoms. The summed E-state index contributed by atoms with van der Waals surface area (Å²) >= 11 is 0. The van der Waals surface area contributed by atoms with Crippen LogP contribution in [0.2, 0.25) is 0 Å². The number of rotatable bonds is 3. The monoisotopic (exact) mass is 357 g/mol. The number of benzene rings is 2. The van der Waals surface area contributed by atoms with Crippen LogP contribution >= 0.6 is 0 Å². The van der Waals surface area contributed by atoms with E-state index in [1.54, 1.807) is 0 Å². The Balaban J connectivity index is 1.85. The molecule has 0 unspecified atom stereocenters. The summed E-state index contributed by atoms with van der Waals surface area (Å²) in [7, 11) is 2.12. The third-order valence-electron chi connectivity index (χ3n) is 5.80. The Morgan fingerprint density at radius 3 is 2.56 bits per heavy atom. The fourth-order valence-corrected chi connectivity index (χ4v) is 4.37. The van der Waals surface area contributed by atoms with Crippen molar-refractivity contribution in [2.24, 2.45) is 13.0 Å². The van der Waals surface area contributed by atoms with E-state index in [1.165, 1.54) is 50.2 Å². The van der Waals surface area contributed by atoms with Crippen molar-refractivity contribution in [2.45, 2.75) is 47.5 Å². The number of hydrogen-bond acceptors (Lipinski definition) is 1. The van der Waals surface area contributed by atoms with Crippen molar-refractivity contribution in [3.05, 3.63) is 70.0 Å². The smallest absolute Gasteiger partial charge is 0.232 e. The fraction of sp³-hybridized carbons (Fsp3) is 0.360. The summed E-state index contributed by atoms with van der Waals surface area (Å²) in [6.45, 7) is 11.1. The van der Waals surface area contributed by atoms with Gasteiger partial charge < -0.3 is 0 Å². The van der Waals surface area contributed by atoms with E-state index in [0.29, 0.717) is 5.92 Å². The Hall–Kier alpha value is -2.48. The molecule has 0 radical (unpaired) electrons. The zero-order chi connectivity index (χ0) is 19.3. The second kappa shape index (κ2) is 6.60. The van der Waals surface area contributed by atoms with Crippen LogP contribution in [0.25, 0.3) is 22.5 Å². The first kappa shape index (κ1) is 17.9. The van der Waals surface area contributed by atoms with Crippen molar-refractivity contribution >= 4 is 0 Å². The maximum atomic E-state index is 5.16. The zero-order valence-electron chi connectivity index (χ0n) is 17.4. The third kappa shape index (κ3) is 3.07. The van der Waals surface area contributed by atoms with Gasteiger partial charge in [0, 0.05) is 6.42 Å². The van der Waals surface area contributed by atoms with Gasteiger partial charge in [-0.2, -0.15) is 0 Å². The topological polar surface area (TPSA) is 16.8 Å². The molecule has 1 aromatic heterocycles. The number of aryl methyl sites for hydroxylation is 3. The van der Waals surface area contributed by atoms with Gasteiger partial charge in [0.15, 0.2) is 5.69 Å². The van der Waals surface area contributed by atoms with Crippen molar-refractivity contribution in [2.75, 3.05) is 0 Å². The molecule has 1 aliphatic carbocycles. The lowest BCUT2D eigenvalue weighted by Gasteiger charge is -2.10. The fourth-order valence-electron chi connectivity index (χ4n) is 4.37. The molecule has 0 amide bonds. The highest BCUT2D eigenvalue weighted by Gasteiger charge is 2.30. The van der Waals surface area contributed by atoms with Crippen LogP contribution in [0.5, 0.6) is 0 Å². The molecule has 0 saturated heterocycles. The zero-order valence-corrected chi connectivity index (χ0v) is 17.4. The molecule has 0 N–H and O–H groups in total. The van der Waals surface area contributed by atoms with E-state index < -0.39 is 0 Å². The highest BCUT2D eigenvalue weighted by atomic mass is 15.0. The van der Waals surface area contributed by atoms with Gasteiger partial charge >= 0.3 is 5.82 Å². The van der Waals surface area contributed by atoms with Gasteiger partial charge in [0.05, 0.1) is 18.2 Å². The Morgan fingerprint density at radius 2 is 1.81 bits per heavy atom. The van der Waals surface area contributed by atoms with Crippen LogP contribution in [-0.4, -0.2) is 4.98 Å². The molecular weight excluding hydrogens is 328 g/mol. The van der Waals surface area contributed by atoms with Crippen LogP contribution in [0.4, 0.5) is 0 Å². The van der Waals surface area contributed by atoms with Crippen LogP contribution in [0.15, 0.2) is 36.5 Å². The normalized spacial score (nSPS) is 12.4. The molecule has 3 aromatic rings. The minimum atomic E-state index is 0.665. The highest BCUT2D eigenvalue weighted by Crippen LogP contribution is 2.38. The van der Waals surface area contributed by atoms with Crippen molar-refractivity contribution in [3.8, 4) is 22.5 Å². The molecule has 0 atom stereocenters. The molecule has 1 heterocycles. The van der Waals surface area contributed by atoms with Crippen LogP contribution in [0.1, 0.15) is 47.4 Å². The van der Waals surface area contributed by atoms with E-state index in [1.807, 2.05) is 0 Å². The molecule has 0 spiro atoms. The molecule has 0 aliphatic heterocycles. The Bertz CT molecular complexity index is 1040. The van der Waals surface area contributed by atoms with Gasteiger partial charge in [-0.15, -0.1) is 0 Å². The molecule has 4 rings (SSSR count). The summed E-state index contributed by atoms with van der Waals surface area (Å²) < 4.78 is 2.20. The Kier molecular flexibility index (Phi) is 4.38. The van der Waals surface area contributed by atoms with Gasteiger partial charge in [-0.3, -0.25) is 0 Å². The SMILES string of the molecule is Cc1cc(C)c(C)c(-c2nc3c(c[n+]2C)-c2cccc(CC(C)C)c2C3)c1. The van der Waals surface area contributed by atoms with E-state index in [2.05, 4.69) is 82.8 Å². The molecule has 2 nitrogen and oxygen atoms in total. The number of aromatic nitrogens is 2. The molecule has 1 aliphatic rings. The Labute approximate surface area is 162 Å². The summed E-state index contributed by atoms with van der Waals surface area (Å²) in [5.41, 5.74) is 12.0. The van der Waals surface area contributed by atoms with E-state index >= 15 is 0 Å². The predicted octanol–water partition coefficient (Wildman–Crippen LogP) is 5.27. The minimum Gasteiger partial charge on any atom is -0.232 e. The van der Waals surface area contributed by atoms with Crippen molar-refractivity contribution in [1.29, 1.82) is 0 Å². The first-order chi connectivity index (χ1) is 12.8. The van der Waals surface area contributed by atoms with Gasteiger partial charge in [0.2, 0.25) is 0 Å². The third-order valence-corrected chi connectivity index (χ3v) is 5.80. The summed E-state index contributed by atoms with van der Waals surface area (Å²) in [6, 6.07) is 11.3. The summed E-state index contributed by atoms with van der Waals surface area (Å²) in [4.78, 5) is 5.16. The molecule has 0 fully saturated rings. The van der Waals surface area contributed by atoms with Crippen molar-refractivity contribution < 1.29 is 4.57 Å². The van der Waals surface area contributed by atoms with E-state index in [-0.39, 0.29) is 0 Å². The highest BCUT2D eigenvalue weighted by molar-refractivity contribution is 5.76. The molecular formula is C25H29N2+. The lowest BCUT2D eigenvalue weighted by atomic mass is 9.95. The molecule has 138 valence electrons. The molecule has 0 saturated carbocycles. The number of hydrogen-bond donors (Lipinski definition) is 0. The van der Waals surface area contributed by atoms with Gasteiger partial charge in [0.25, 0.3) is 0 Å². The first-order valence-corrected chi connectivity index (χ1v) is 9.94. The van der Waals surface area contributed by atoms with Crippen LogP contribution < -0.4 is 4.57 Å². The predicted molar refractivity (Wildman–Crippen MR) is 112 cm³/mol. The van der Waals surface area contributed by atoms with E-state index in [0.717, 1.165) is 18.7 Å². The lowest BCUT2D eigenvalue weighted by molar-refractivity contribution is -0.662. The largest absolute Gasteiger partial charge is 0.330 e. The average Bonchev–Trinajstić information content (AvgIpc) is 2.96. The molecule has 2 aromatic carbocycles. The van der Waals surface area contributed by atoms with E-state index in [9.17, 15) is 0 Å². The molecule has 2 heteroatoms. The maximum Gasteiger partial charge on any atom is 0.330 e. The summed E-state index contributed by atoms with van der Waals surface area (Å²) in [5.74, 6) is 1.73. The lowest BCUT2D eigenvalue weighted by Crippen LogP contribution is -2.33. The van der Waals surface area contributed by atoms with Gasteiger partial charge in [0.1, 0.15) is 6.20 Å². The van der Waals surface area contributed by atoms with Gasteiger partial charge in [-0.1, -0.05) is 38.1 Å². The second-order valence-corrected chi connectivity index (χ2v) is 8.51. The van der Waals surface area contributed by atoms with E-state index in [4.69, 9.17) is 4.98 Å². The van der Waals surface area contributed by atoms with Crippen molar-refractivity contribution in [3.63, 3.8) is 0 Å². The number of fused-ring (bicyclic) bond motifs is 3. The second-order valence-electron chi connectivity index (χ2n) is 8.51. The standard InChI is InChI=1S/C25H29N2/c1-15(2)10-19-8-7-9-20-22(19)13-24-23(20)14-27(6)25(26-24)21-12-16(3)11-17(4)18(21)5/h7-9,11-12,14-15H,10,13H2,1-6H3/q+1. The Morgan fingerprint density at radius 1 is 1.04 bits per heavy atom. The first-order valence-electron chi connectivity index (χ1n) is 9.94. The summed E-state index contributed by atoms with van der Waals surface area (Å²) in [6.07, 6.45) is 4.36. The molecule has 0 bridgehead atoms. The van der Waals surface area contributed by atoms with Crippen LogP contribution in [0.3, 0.4) is 0 Å². The number of nitrogens with zero attached hydrogens (tertiary/aromatic N) is 2. The van der Waals surface area contributed by atoms with Crippen molar-refractivity contribution in [1.82, 2.24) is 4.98 Å². The van der Waals surface area contributed by atoms with Gasteiger partial charge in [-0.05, 0) is 77.5 Å². The maximum absolute atomic E-state index is 5.16. The van der Waals surface area contributed by atoms with Crippen LogP contribution in [-0.2, 0) is 19.9 Å². The van der Waals surface area contributed by atoms with Gasteiger partial charge in [-0.25, -0.2) is 4.57 Å². The minimum absolute atomic E-state index is 0.665. The quantitative estimate of drug-likeness (QED) is 0.457. The summed E-state index contributed by atoms with van der Waals surface area (Å²) in [5, 5.41) is 0. The van der Waals surface area contributed by atoms with Crippen LogP contribution in [0, 0.1) is 26.7 Å². The average molecular weight is 358 g/mol.